The van der Waals surface area contributed by atoms with Crippen molar-refractivity contribution in [1.82, 2.24) is 0 Å². The van der Waals surface area contributed by atoms with Crippen LogP contribution in [0.4, 0.5) is 0 Å². The summed E-state index contributed by atoms with van der Waals surface area (Å²) >= 11 is 0. The van der Waals surface area contributed by atoms with Gasteiger partial charge in [-0.1, -0.05) is 92.6 Å². The maximum absolute atomic E-state index is 9.26. The van der Waals surface area contributed by atoms with Gasteiger partial charge in [-0.2, -0.15) is 0 Å². The zero-order chi connectivity index (χ0) is 30.6. The van der Waals surface area contributed by atoms with E-state index in [4.69, 9.17) is 14.2 Å². The first-order valence-electron chi connectivity index (χ1n) is 15.8. The Morgan fingerprint density at radius 1 is 0.636 bits per heavy atom. The minimum Gasteiger partial charge on any atom is -0.491 e. The fourth-order valence-electron chi connectivity index (χ4n) is 6.67. The van der Waals surface area contributed by atoms with Crippen molar-refractivity contribution in [3.05, 3.63) is 131 Å². The van der Waals surface area contributed by atoms with Crippen LogP contribution in [0.5, 0.6) is 11.5 Å². The topological polar surface area (TPSA) is 47.9 Å². The number of hydrogen-bond donors (Lipinski definition) is 1. The van der Waals surface area contributed by atoms with E-state index in [0.717, 1.165) is 29.9 Å². The molecule has 0 saturated heterocycles. The number of rotatable bonds is 13. The van der Waals surface area contributed by atoms with E-state index in [9.17, 15) is 5.11 Å². The molecule has 5 aromatic carbocycles. The van der Waals surface area contributed by atoms with Gasteiger partial charge < -0.3 is 19.3 Å². The summed E-state index contributed by atoms with van der Waals surface area (Å²) < 4.78 is 18.0. The predicted molar refractivity (Wildman–Crippen MR) is 179 cm³/mol. The fourth-order valence-corrected chi connectivity index (χ4v) is 6.67. The number of ether oxygens (including phenoxy) is 3. The molecule has 1 N–H and O–H groups in total. The highest BCUT2D eigenvalue weighted by Gasteiger charge is 2.46. The summed E-state index contributed by atoms with van der Waals surface area (Å²) in [4.78, 5) is 0. The smallest absolute Gasteiger partial charge is 0.119 e. The monoisotopic (exact) mass is 586 g/mol. The SMILES string of the molecule is CCCCC(C)(C)OCCOc1ccc(C2(c3ccc(OCCO)cc3)c3ccccc3-c3cc4ccccc4cc32)cc1. The lowest BCUT2D eigenvalue weighted by molar-refractivity contribution is -0.0360. The third-order valence-corrected chi connectivity index (χ3v) is 8.82. The molecule has 0 saturated carbocycles. The van der Waals surface area contributed by atoms with Crippen molar-refractivity contribution >= 4 is 10.8 Å². The van der Waals surface area contributed by atoms with Crippen molar-refractivity contribution in [2.75, 3.05) is 26.4 Å². The molecule has 226 valence electrons. The Balaban J connectivity index is 1.40. The van der Waals surface area contributed by atoms with Crippen molar-refractivity contribution in [3.8, 4) is 22.6 Å². The predicted octanol–water partition coefficient (Wildman–Crippen LogP) is 8.94. The normalized spacial score (nSPS) is 15.6. The molecule has 4 nitrogen and oxygen atoms in total. The zero-order valence-electron chi connectivity index (χ0n) is 26.0. The quantitative estimate of drug-likeness (QED) is 0.137. The molecule has 1 atom stereocenters. The van der Waals surface area contributed by atoms with Gasteiger partial charge >= 0.3 is 0 Å². The van der Waals surface area contributed by atoms with Gasteiger partial charge in [0.2, 0.25) is 0 Å². The van der Waals surface area contributed by atoms with E-state index in [2.05, 4.69) is 118 Å². The van der Waals surface area contributed by atoms with Crippen LogP contribution >= 0.6 is 0 Å². The molecule has 0 radical (unpaired) electrons. The van der Waals surface area contributed by atoms with Gasteiger partial charge in [-0.05, 0) is 101 Å². The number of fused-ring (bicyclic) bond motifs is 4. The van der Waals surface area contributed by atoms with Crippen LogP contribution in [0.15, 0.2) is 109 Å². The summed E-state index contributed by atoms with van der Waals surface area (Å²) in [5.41, 5.74) is 6.68. The second kappa shape index (κ2) is 12.9. The summed E-state index contributed by atoms with van der Waals surface area (Å²) in [6.45, 7) is 7.83. The highest BCUT2D eigenvalue weighted by Crippen LogP contribution is 2.57. The first kappa shape index (κ1) is 29.9. The summed E-state index contributed by atoms with van der Waals surface area (Å²) in [5, 5.41) is 11.7. The van der Waals surface area contributed by atoms with Gasteiger partial charge in [0.05, 0.1) is 24.2 Å². The van der Waals surface area contributed by atoms with Gasteiger partial charge in [0.25, 0.3) is 0 Å². The van der Waals surface area contributed by atoms with E-state index in [-0.39, 0.29) is 18.8 Å². The standard InChI is InChI=1S/C40H42O4/c1-4-5-22-39(2,3)44-26-25-43-34-20-16-32(17-21-34)40(31-14-18-33(19-15-31)42-24-23-41)37-13-9-8-12-35(37)36-27-29-10-6-7-11-30(29)28-38(36)40/h6-21,27-28,41H,4-5,22-26H2,1-3H3. The highest BCUT2D eigenvalue weighted by atomic mass is 16.5. The lowest BCUT2D eigenvalue weighted by atomic mass is 9.67. The van der Waals surface area contributed by atoms with Gasteiger partial charge in [-0.15, -0.1) is 0 Å². The minimum absolute atomic E-state index is 0.0172. The maximum Gasteiger partial charge on any atom is 0.119 e. The summed E-state index contributed by atoms with van der Waals surface area (Å²) in [6.07, 6.45) is 3.38. The van der Waals surface area contributed by atoms with Crippen LogP contribution in [-0.4, -0.2) is 37.1 Å². The van der Waals surface area contributed by atoms with Gasteiger partial charge in [-0.25, -0.2) is 0 Å². The van der Waals surface area contributed by atoms with Crippen molar-refractivity contribution in [2.45, 2.75) is 51.0 Å². The molecule has 0 spiro atoms. The minimum atomic E-state index is -0.531. The first-order valence-corrected chi connectivity index (χ1v) is 15.8. The molecule has 5 aromatic rings. The number of unbranched alkanes of at least 4 members (excludes halogenated alkanes) is 1. The van der Waals surface area contributed by atoms with Crippen LogP contribution in [0.1, 0.15) is 62.3 Å². The van der Waals surface area contributed by atoms with Gasteiger partial charge in [0, 0.05) is 0 Å². The van der Waals surface area contributed by atoms with Crippen molar-refractivity contribution < 1.29 is 19.3 Å². The Labute approximate surface area is 261 Å². The van der Waals surface area contributed by atoms with E-state index in [1.165, 1.54) is 45.0 Å². The van der Waals surface area contributed by atoms with Crippen LogP contribution in [0.2, 0.25) is 0 Å². The van der Waals surface area contributed by atoms with E-state index >= 15 is 0 Å². The summed E-state index contributed by atoms with van der Waals surface area (Å²) in [6, 6.07) is 39.0. The second-order valence-electron chi connectivity index (χ2n) is 12.2. The van der Waals surface area contributed by atoms with E-state index < -0.39 is 5.41 Å². The van der Waals surface area contributed by atoms with Crippen LogP contribution in [0, 0.1) is 0 Å². The van der Waals surface area contributed by atoms with E-state index in [1.54, 1.807) is 0 Å². The third kappa shape index (κ3) is 5.72. The summed E-state index contributed by atoms with van der Waals surface area (Å²) in [5.74, 6) is 1.57. The zero-order valence-corrected chi connectivity index (χ0v) is 26.0. The molecule has 1 aliphatic carbocycles. The van der Waals surface area contributed by atoms with Crippen molar-refractivity contribution in [3.63, 3.8) is 0 Å². The molecular weight excluding hydrogens is 544 g/mol. The van der Waals surface area contributed by atoms with Crippen LogP contribution < -0.4 is 9.47 Å². The second-order valence-corrected chi connectivity index (χ2v) is 12.2. The van der Waals surface area contributed by atoms with Crippen LogP contribution in [0.3, 0.4) is 0 Å². The Kier molecular flexibility index (Phi) is 8.74. The molecule has 0 fully saturated rings. The number of benzene rings is 5. The molecule has 1 aliphatic rings. The van der Waals surface area contributed by atoms with E-state index in [1.807, 2.05) is 12.1 Å². The number of hydrogen-bond acceptors (Lipinski definition) is 4. The van der Waals surface area contributed by atoms with Crippen LogP contribution in [0.25, 0.3) is 21.9 Å². The molecule has 0 aliphatic heterocycles. The summed E-state index contributed by atoms with van der Waals surface area (Å²) in [7, 11) is 0. The molecule has 0 aromatic heterocycles. The van der Waals surface area contributed by atoms with Gasteiger partial charge in [-0.3, -0.25) is 0 Å². The molecule has 1 unspecified atom stereocenters. The molecule has 4 heteroatoms. The largest absolute Gasteiger partial charge is 0.491 e. The van der Waals surface area contributed by atoms with Gasteiger partial charge in [0.15, 0.2) is 0 Å². The molecule has 0 bridgehead atoms. The van der Waals surface area contributed by atoms with E-state index in [0.29, 0.717) is 13.2 Å². The molecule has 0 amide bonds. The average molecular weight is 587 g/mol. The number of aliphatic hydroxyl groups excluding tert-OH is 1. The van der Waals surface area contributed by atoms with Crippen molar-refractivity contribution in [2.24, 2.45) is 0 Å². The fraction of sp³-hybridized carbons (Fsp3) is 0.300. The van der Waals surface area contributed by atoms with Crippen molar-refractivity contribution in [1.29, 1.82) is 0 Å². The Morgan fingerprint density at radius 2 is 1.23 bits per heavy atom. The first-order chi connectivity index (χ1) is 21.5. The number of aliphatic hydroxyl groups is 1. The van der Waals surface area contributed by atoms with Gasteiger partial charge in [0.1, 0.15) is 24.7 Å². The highest BCUT2D eigenvalue weighted by molar-refractivity contribution is 5.95. The lowest BCUT2D eigenvalue weighted by Crippen LogP contribution is -2.28. The third-order valence-electron chi connectivity index (χ3n) is 8.82. The lowest BCUT2D eigenvalue weighted by Gasteiger charge is -2.34. The molecule has 0 heterocycles. The molecular formula is C40H42O4. The van der Waals surface area contributed by atoms with Crippen LogP contribution in [-0.2, 0) is 10.2 Å². The Hall–Kier alpha value is -4.12. The molecule has 44 heavy (non-hydrogen) atoms. The Bertz CT molecular complexity index is 1700. The molecule has 6 rings (SSSR count). The average Bonchev–Trinajstić information content (AvgIpc) is 3.34. The Morgan fingerprint density at radius 3 is 1.86 bits per heavy atom. The maximum atomic E-state index is 9.26.